The maximum atomic E-state index is 12.8. The predicted octanol–water partition coefficient (Wildman–Crippen LogP) is 5.02. The third kappa shape index (κ3) is 6.08. The summed E-state index contributed by atoms with van der Waals surface area (Å²) in [5.74, 6) is 1.26. The van der Waals surface area contributed by atoms with Gasteiger partial charge in [-0.1, -0.05) is 54.6 Å². The van der Waals surface area contributed by atoms with Crippen molar-refractivity contribution in [3.8, 4) is 0 Å². The number of amides is 1. The van der Waals surface area contributed by atoms with Crippen LogP contribution in [0.1, 0.15) is 27.0 Å². The van der Waals surface area contributed by atoms with Crippen molar-refractivity contribution in [1.82, 2.24) is 5.43 Å². The van der Waals surface area contributed by atoms with Gasteiger partial charge in [0.15, 0.2) is 0 Å². The third-order valence-corrected chi connectivity index (χ3v) is 4.92. The molecular formula is C22H19FN2OS. The van der Waals surface area contributed by atoms with E-state index in [9.17, 15) is 9.18 Å². The maximum absolute atomic E-state index is 12.8. The molecule has 0 aliphatic heterocycles. The van der Waals surface area contributed by atoms with Gasteiger partial charge in [0.2, 0.25) is 0 Å². The summed E-state index contributed by atoms with van der Waals surface area (Å²) in [6.07, 6.45) is 1.48. The number of thioether (sulfide) groups is 1. The molecule has 0 aliphatic carbocycles. The Hall–Kier alpha value is -2.92. The Kier molecular flexibility index (Phi) is 6.77. The van der Waals surface area contributed by atoms with Gasteiger partial charge < -0.3 is 0 Å². The second-order valence-electron chi connectivity index (χ2n) is 5.93. The summed E-state index contributed by atoms with van der Waals surface area (Å²) in [7, 11) is 0. The van der Waals surface area contributed by atoms with Gasteiger partial charge in [0.1, 0.15) is 5.82 Å². The fourth-order valence-corrected chi connectivity index (χ4v) is 3.35. The highest BCUT2D eigenvalue weighted by Gasteiger charge is 2.04. The van der Waals surface area contributed by atoms with E-state index >= 15 is 0 Å². The van der Waals surface area contributed by atoms with E-state index in [4.69, 9.17) is 0 Å². The van der Waals surface area contributed by atoms with Gasteiger partial charge in [0.05, 0.1) is 6.21 Å². The molecule has 0 bridgehead atoms. The molecule has 27 heavy (non-hydrogen) atoms. The lowest BCUT2D eigenvalue weighted by atomic mass is 10.1. The van der Waals surface area contributed by atoms with Crippen molar-refractivity contribution in [2.24, 2.45) is 5.10 Å². The van der Waals surface area contributed by atoms with Crippen molar-refractivity contribution in [2.75, 3.05) is 0 Å². The Bertz CT molecular complexity index is 894. The molecule has 0 aliphatic rings. The second-order valence-corrected chi connectivity index (χ2v) is 6.91. The van der Waals surface area contributed by atoms with Gasteiger partial charge in [-0.3, -0.25) is 4.79 Å². The minimum atomic E-state index is -0.307. The standard InChI is InChI=1S/C22H19FN2OS/c23-21-12-8-17(9-13-21)14-24-25-22(26)20-10-6-19(7-11-20)16-27-15-18-4-2-1-3-5-18/h1-14H,15-16H2,(H,25,26)/b24-14-. The van der Waals surface area contributed by atoms with Crippen molar-refractivity contribution in [3.63, 3.8) is 0 Å². The fourth-order valence-electron chi connectivity index (χ4n) is 2.39. The van der Waals surface area contributed by atoms with Crippen molar-refractivity contribution in [3.05, 3.63) is 107 Å². The number of halogens is 1. The van der Waals surface area contributed by atoms with Gasteiger partial charge in [-0.25, -0.2) is 9.82 Å². The van der Waals surface area contributed by atoms with Crippen LogP contribution in [0.2, 0.25) is 0 Å². The molecule has 3 nitrogen and oxygen atoms in total. The second kappa shape index (κ2) is 9.69. The number of nitrogens with zero attached hydrogens (tertiary/aromatic N) is 1. The van der Waals surface area contributed by atoms with Gasteiger partial charge in [-0.2, -0.15) is 16.9 Å². The van der Waals surface area contributed by atoms with E-state index in [1.807, 2.05) is 42.1 Å². The largest absolute Gasteiger partial charge is 0.271 e. The van der Waals surface area contributed by atoms with Gasteiger partial charge in [-0.15, -0.1) is 0 Å². The van der Waals surface area contributed by atoms with Crippen LogP contribution in [0.3, 0.4) is 0 Å². The lowest BCUT2D eigenvalue weighted by molar-refractivity contribution is 0.0955. The summed E-state index contributed by atoms with van der Waals surface area (Å²) in [5.41, 5.74) is 6.20. The molecule has 0 radical (unpaired) electrons. The summed E-state index contributed by atoms with van der Waals surface area (Å²) in [5, 5.41) is 3.90. The number of carbonyl (C=O) groups excluding carboxylic acids is 1. The first-order valence-corrected chi connectivity index (χ1v) is 9.66. The monoisotopic (exact) mass is 378 g/mol. The van der Waals surface area contributed by atoms with Crippen molar-refractivity contribution in [1.29, 1.82) is 0 Å². The number of hydrogen-bond acceptors (Lipinski definition) is 3. The smallest absolute Gasteiger partial charge is 0.267 e. The molecule has 0 heterocycles. The summed E-state index contributed by atoms with van der Waals surface area (Å²) >= 11 is 1.84. The Morgan fingerprint density at radius 1 is 0.889 bits per heavy atom. The van der Waals surface area contributed by atoms with Gasteiger partial charge in [0, 0.05) is 17.1 Å². The molecule has 0 saturated heterocycles. The van der Waals surface area contributed by atoms with E-state index in [-0.39, 0.29) is 11.7 Å². The van der Waals surface area contributed by atoms with Crippen LogP contribution in [0.15, 0.2) is 84.0 Å². The van der Waals surface area contributed by atoms with Crippen LogP contribution in [-0.4, -0.2) is 12.1 Å². The van der Waals surface area contributed by atoms with E-state index in [0.29, 0.717) is 11.1 Å². The molecule has 0 aromatic heterocycles. The summed E-state index contributed by atoms with van der Waals surface area (Å²) in [6, 6.07) is 23.7. The fraction of sp³-hybridized carbons (Fsp3) is 0.0909. The van der Waals surface area contributed by atoms with E-state index in [0.717, 1.165) is 11.5 Å². The molecule has 1 N–H and O–H groups in total. The average Bonchev–Trinajstić information content (AvgIpc) is 2.71. The van der Waals surface area contributed by atoms with Crippen LogP contribution >= 0.6 is 11.8 Å². The molecular weight excluding hydrogens is 359 g/mol. The zero-order valence-electron chi connectivity index (χ0n) is 14.6. The SMILES string of the molecule is O=C(N/N=C\c1ccc(F)cc1)c1ccc(CSCc2ccccc2)cc1. The summed E-state index contributed by atoms with van der Waals surface area (Å²) < 4.78 is 12.8. The highest BCUT2D eigenvalue weighted by atomic mass is 32.2. The van der Waals surface area contributed by atoms with E-state index < -0.39 is 0 Å². The zero-order chi connectivity index (χ0) is 18.9. The van der Waals surface area contributed by atoms with Crippen LogP contribution in [0.4, 0.5) is 4.39 Å². The third-order valence-electron chi connectivity index (χ3n) is 3.85. The first-order chi connectivity index (χ1) is 13.2. The normalized spacial score (nSPS) is 10.9. The van der Waals surface area contributed by atoms with Crippen LogP contribution < -0.4 is 5.43 Å². The Morgan fingerprint density at radius 2 is 1.52 bits per heavy atom. The molecule has 0 spiro atoms. The summed E-state index contributed by atoms with van der Waals surface area (Å²) in [6.45, 7) is 0. The molecule has 0 fully saturated rings. The van der Waals surface area contributed by atoms with Crippen LogP contribution in [-0.2, 0) is 11.5 Å². The zero-order valence-corrected chi connectivity index (χ0v) is 15.5. The van der Waals surface area contributed by atoms with E-state index in [2.05, 4.69) is 22.7 Å². The number of nitrogens with one attached hydrogen (secondary N) is 1. The molecule has 3 rings (SSSR count). The Morgan fingerprint density at radius 3 is 2.19 bits per heavy atom. The summed E-state index contributed by atoms with van der Waals surface area (Å²) in [4.78, 5) is 12.1. The molecule has 0 atom stereocenters. The molecule has 3 aromatic carbocycles. The average molecular weight is 378 g/mol. The molecule has 0 unspecified atom stereocenters. The van der Waals surface area contributed by atoms with Crippen LogP contribution in [0.25, 0.3) is 0 Å². The van der Waals surface area contributed by atoms with Crippen LogP contribution in [0, 0.1) is 5.82 Å². The van der Waals surface area contributed by atoms with Crippen molar-refractivity contribution < 1.29 is 9.18 Å². The molecule has 1 amide bonds. The van der Waals surface area contributed by atoms with Gasteiger partial charge in [-0.05, 0) is 41.0 Å². The van der Waals surface area contributed by atoms with Gasteiger partial charge in [0.25, 0.3) is 5.91 Å². The quantitative estimate of drug-likeness (QED) is 0.463. The highest BCUT2D eigenvalue weighted by Crippen LogP contribution is 2.18. The maximum Gasteiger partial charge on any atom is 0.271 e. The first-order valence-electron chi connectivity index (χ1n) is 8.50. The Labute approximate surface area is 162 Å². The Balaban J connectivity index is 1.47. The minimum Gasteiger partial charge on any atom is -0.267 e. The lowest BCUT2D eigenvalue weighted by Gasteiger charge is -2.04. The van der Waals surface area contributed by atoms with Gasteiger partial charge >= 0.3 is 0 Å². The lowest BCUT2D eigenvalue weighted by Crippen LogP contribution is -2.17. The minimum absolute atomic E-state index is 0.281. The van der Waals surface area contributed by atoms with Crippen molar-refractivity contribution in [2.45, 2.75) is 11.5 Å². The van der Waals surface area contributed by atoms with E-state index in [1.165, 1.54) is 29.5 Å². The molecule has 0 saturated carbocycles. The topological polar surface area (TPSA) is 41.5 Å². The predicted molar refractivity (Wildman–Crippen MR) is 109 cm³/mol. The number of carbonyl (C=O) groups is 1. The number of hydrogen-bond donors (Lipinski definition) is 1. The van der Waals surface area contributed by atoms with E-state index in [1.54, 1.807) is 24.3 Å². The molecule has 136 valence electrons. The van der Waals surface area contributed by atoms with Crippen LogP contribution in [0.5, 0.6) is 0 Å². The molecule has 3 aromatic rings. The first kappa shape index (κ1) is 18.9. The number of benzene rings is 3. The molecule has 5 heteroatoms. The number of rotatable bonds is 7. The van der Waals surface area contributed by atoms with Crippen molar-refractivity contribution >= 4 is 23.9 Å². The number of hydrazone groups is 1. The highest BCUT2D eigenvalue weighted by molar-refractivity contribution is 7.97.